The highest BCUT2D eigenvalue weighted by atomic mass is 32.2. The molecule has 0 fully saturated rings. The molecule has 2 rings (SSSR count). The van der Waals surface area contributed by atoms with Crippen LogP contribution in [0.2, 0.25) is 0 Å². The zero-order chi connectivity index (χ0) is 14.5. The van der Waals surface area contributed by atoms with Crippen LogP contribution in [0, 0.1) is 6.92 Å². The minimum absolute atomic E-state index is 0.227. The van der Waals surface area contributed by atoms with Gasteiger partial charge in [-0.25, -0.2) is 13.0 Å². The number of hydrogen-bond donors (Lipinski definition) is 1. The Hall–Kier alpha value is -1.92. The zero-order valence-electron chi connectivity index (χ0n) is 10.6. The molecule has 19 heavy (non-hydrogen) atoms. The molecule has 102 valence electrons. The molecule has 2 aromatic rings. The second kappa shape index (κ2) is 6.31. The Morgan fingerprint density at radius 1 is 1.16 bits per heavy atom. The average molecular weight is 281 g/mol. The van der Waals surface area contributed by atoms with Gasteiger partial charge in [-0.05, 0) is 24.6 Å². The van der Waals surface area contributed by atoms with Crippen molar-refractivity contribution in [1.82, 2.24) is 0 Å². The smallest absolute Gasteiger partial charge is 0.168 e. The maximum atomic E-state index is 10.5. The van der Waals surface area contributed by atoms with E-state index in [0.717, 1.165) is 6.07 Å². The monoisotopic (exact) mass is 281 g/mol. The number of benzene rings is 1. The molecule has 1 N–H and O–H groups in total. The minimum atomic E-state index is -4.47. The molecule has 1 heterocycles. The highest BCUT2D eigenvalue weighted by molar-refractivity contribution is 7.85. The van der Waals surface area contributed by atoms with Crippen molar-refractivity contribution >= 4 is 10.1 Å². The van der Waals surface area contributed by atoms with Crippen molar-refractivity contribution in [1.29, 1.82) is 0 Å². The number of pyridine rings is 1. The first-order chi connectivity index (χ1) is 8.80. The number of phenols is 1. The summed E-state index contributed by atoms with van der Waals surface area (Å²) in [6.45, 7) is 1.49. The Bertz CT molecular complexity index is 639. The first kappa shape index (κ1) is 15.1. The van der Waals surface area contributed by atoms with Crippen LogP contribution in [0.25, 0.3) is 0 Å². The number of aromatic hydroxyl groups is 1. The minimum Gasteiger partial charge on any atom is -0.744 e. The lowest BCUT2D eigenvalue weighted by Crippen LogP contribution is -2.25. The molecule has 0 aliphatic heterocycles. The van der Waals surface area contributed by atoms with Gasteiger partial charge in [-0.1, -0.05) is 12.1 Å². The van der Waals surface area contributed by atoms with Crippen LogP contribution in [0.15, 0.2) is 53.7 Å². The topological polar surface area (TPSA) is 81.3 Å². The summed E-state index contributed by atoms with van der Waals surface area (Å²) in [4.78, 5) is -0.373. The summed E-state index contributed by atoms with van der Waals surface area (Å²) in [7, 11) is -2.47. The molecule has 0 atom stereocenters. The van der Waals surface area contributed by atoms with E-state index in [0.29, 0.717) is 5.56 Å². The second-order valence-electron chi connectivity index (χ2n) is 3.94. The molecule has 0 saturated carbocycles. The van der Waals surface area contributed by atoms with E-state index in [4.69, 9.17) is 5.11 Å². The largest absolute Gasteiger partial charge is 0.744 e. The molecule has 5 nitrogen and oxygen atoms in total. The molecule has 0 unspecified atom stereocenters. The van der Waals surface area contributed by atoms with Crippen molar-refractivity contribution in [2.75, 3.05) is 0 Å². The van der Waals surface area contributed by atoms with E-state index < -0.39 is 10.1 Å². The van der Waals surface area contributed by atoms with Gasteiger partial charge >= 0.3 is 0 Å². The number of aromatic nitrogens is 1. The summed E-state index contributed by atoms with van der Waals surface area (Å²) in [5.74, 6) is -0.227. The lowest BCUT2D eigenvalue weighted by Gasteiger charge is -2.09. The van der Waals surface area contributed by atoms with Gasteiger partial charge in [-0.2, -0.15) is 0 Å². The maximum absolute atomic E-state index is 10.5. The van der Waals surface area contributed by atoms with Crippen LogP contribution in [-0.2, 0) is 17.2 Å². The molecule has 0 aliphatic rings. The van der Waals surface area contributed by atoms with Gasteiger partial charge in [-0.15, -0.1) is 0 Å². The van der Waals surface area contributed by atoms with E-state index in [-0.39, 0.29) is 10.6 Å². The van der Waals surface area contributed by atoms with Crippen LogP contribution >= 0.6 is 0 Å². The number of hydrogen-bond acceptors (Lipinski definition) is 4. The Labute approximate surface area is 112 Å². The fourth-order valence-corrected chi connectivity index (χ4v) is 2.07. The highest BCUT2D eigenvalue weighted by Crippen LogP contribution is 2.19. The first-order valence-electron chi connectivity index (χ1n) is 5.46. The molecule has 0 radical (unpaired) electrons. The molecule has 0 spiro atoms. The third-order valence-electron chi connectivity index (χ3n) is 2.31. The summed E-state index contributed by atoms with van der Waals surface area (Å²) in [5.41, 5.74) is 0.336. The van der Waals surface area contributed by atoms with Crippen LogP contribution < -0.4 is 4.57 Å². The van der Waals surface area contributed by atoms with E-state index in [1.54, 1.807) is 0 Å². The van der Waals surface area contributed by atoms with Crippen LogP contribution in [0.5, 0.6) is 5.75 Å². The molecule has 0 bridgehead atoms. The molecule has 1 aromatic carbocycles. The van der Waals surface area contributed by atoms with Gasteiger partial charge in [0, 0.05) is 12.1 Å². The van der Waals surface area contributed by atoms with Crippen LogP contribution in [0.4, 0.5) is 0 Å². The average Bonchev–Trinajstić information content (AvgIpc) is 2.33. The lowest BCUT2D eigenvalue weighted by atomic mass is 10.2. The fourth-order valence-electron chi connectivity index (χ4n) is 1.34. The summed E-state index contributed by atoms with van der Waals surface area (Å²) >= 11 is 0. The lowest BCUT2D eigenvalue weighted by molar-refractivity contribution is -0.671. The molecular formula is C13H15NO4S. The number of nitrogens with zero attached hydrogens (tertiary/aromatic N) is 1. The molecule has 6 heteroatoms. The van der Waals surface area contributed by atoms with Crippen molar-refractivity contribution in [2.24, 2.45) is 7.05 Å². The molecule has 0 aliphatic carbocycles. The summed E-state index contributed by atoms with van der Waals surface area (Å²) < 4.78 is 33.6. The predicted octanol–water partition coefficient (Wildman–Crippen LogP) is 1.12. The number of aryl methyl sites for hydroxylation is 2. The SMILES string of the molecule is C[n+]1ccccc1.Cc1ccc(O)cc1S(=O)(=O)[O-]. The van der Waals surface area contributed by atoms with E-state index >= 15 is 0 Å². The van der Waals surface area contributed by atoms with E-state index in [9.17, 15) is 13.0 Å². The first-order valence-corrected chi connectivity index (χ1v) is 6.87. The maximum Gasteiger partial charge on any atom is 0.168 e. The molecular weight excluding hydrogens is 266 g/mol. The normalized spacial score (nSPS) is 10.5. The summed E-state index contributed by atoms with van der Waals surface area (Å²) in [6, 6.07) is 9.64. The van der Waals surface area contributed by atoms with Gasteiger partial charge in [0.25, 0.3) is 0 Å². The van der Waals surface area contributed by atoms with Crippen molar-refractivity contribution in [2.45, 2.75) is 11.8 Å². The number of rotatable bonds is 1. The van der Waals surface area contributed by atoms with Crippen molar-refractivity contribution in [3.63, 3.8) is 0 Å². The zero-order valence-corrected chi connectivity index (χ0v) is 11.5. The van der Waals surface area contributed by atoms with Crippen molar-refractivity contribution in [3.05, 3.63) is 54.4 Å². The van der Waals surface area contributed by atoms with Gasteiger partial charge in [0.15, 0.2) is 12.4 Å². The van der Waals surface area contributed by atoms with Crippen LogP contribution in [0.1, 0.15) is 5.56 Å². The summed E-state index contributed by atoms with van der Waals surface area (Å²) in [5, 5.41) is 8.90. The second-order valence-corrected chi connectivity index (χ2v) is 5.29. The molecule has 1 aromatic heterocycles. The quantitative estimate of drug-likeness (QED) is 0.627. The van der Waals surface area contributed by atoms with Crippen molar-refractivity contribution < 1.29 is 22.6 Å². The Morgan fingerprint density at radius 2 is 1.74 bits per heavy atom. The van der Waals surface area contributed by atoms with Gasteiger partial charge in [0.05, 0.1) is 4.90 Å². The standard InChI is InChI=1S/C7H8O4S.C6H8N/c1-5-2-3-6(8)4-7(5)12(9,10)11;1-7-5-3-2-4-6-7/h2-4,8H,1H3,(H,9,10,11);2-6H,1H3/q;+1/p-1. The van der Waals surface area contributed by atoms with Gasteiger partial charge in [-0.3, -0.25) is 0 Å². The predicted molar refractivity (Wildman–Crippen MR) is 68.4 cm³/mol. The number of phenolic OH excluding ortho intramolecular Hbond substituents is 1. The van der Waals surface area contributed by atoms with Crippen LogP contribution in [-0.4, -0.2) is 18.1 Å². The van der Waals surface area contributed by atoms with E-state index in [1.165, 1.54) is 19.1 Å². The third kappa shape index (κ3) is 5.07. The van der Waals surface area contributed by atoms with Gasteiger partial charge < -0.3 is 9.66 Å². The van der Waals surface area contributed by atoms with Gasteiger partial charge in [0.1, 0.15) is 22.9 Å². The van der Waals surface area contributed by atoms with Gasteiger partial charge in [0.2, 0.25) is 0 Å². The van der Waals surface area contributed by atoms with Crippen molar-refractivity contribution in [3.8, 4) is 5.75 Å². The van der Waals surface area contributed by atoms with Crippen LogP contribution in [0.3, 0.4) is 0 Å². The Balaban J connectivity index is 0.000000218. The molecule has 0 saturated heterocycles. The third-order valence-corrected chi connectivity index (χ3v) is 3.28. The molecule has 0 amide bonds. The van der Waals surface area contributed by atoms with E-state index in [2.05, 4.69) is 0 Å². The Kier molecular flexibility index (Phi) is 5.02. The Morgan fingerprint density at radius 3 is 2.11 bits per heavy atom. The fraction of sp³-hybridized carbons (Fsp3) is 0.154. The highest BCUT2D eigenvalue weighted by Gasteiger charge is 2.05. The summed E-state index contributed by atoms with van der Waals surface area (Å²) in [6.07, 6.45) is 4.00. The van der Waals surface area contributed by atoms with E-state index in [1.807, 2.05) is 42.2 Å².